The molecular formula is C18H15ClN4O4S. The maximum atomic E-state index is 12.8. The van der Waals surface area contributed by atoms with Gasteiger partial charge < -0.3 is 9.32 Å². The van der Waals surface area contributed by atoms with Gasteiger partial charge in [0.05, 0.1) is 10.8 Å². The average molecular weight is 419 g/mol. The van der Waals surface area contributed by atoms with Crippen LogP contribution in [-0.4, -0.2) is 39.0 Å². The van der Waals surface area contributed by atoms with E-state index in [2.05, 4.69) is 10.2 Å². The highest BCUT2D eigenvalue weighted by Gasteiger charge is 2.30. The van der Waals surface area contributed by atoms with Gasteiger partial charge in [0, 0.05) is 35.7 Å². The lowest BCUT2D eigenvalue weighted by atomic mass is 9.97. The van der Waals surface area contributed by atoms with Crippen LogP contribution in [0.5, 0.6) is 0 Å². The van der Waals surface area contributed by atoms with Gasteiger partial charge in [-0.05, 0) is 36.4 Å². The molecule has 28 heavy (non-hydrogen) atoms. The van der Waals surface area contributed by atoms with Crippen LogP contribution in [-0.2, 0) is 0 Å². The molecule has 0 aliphatic carbocycles. The van der Waals surface area contributed by atoms with Crippen molar-refractivity contribution < 1.29 is 14.1 Å². The Morgan fingerprint density at radius 1 is 1.36 bits per heavy atom. The quantitative estimate of drug-likeness (QED) is 0.460. The standard InChI is InChI=1S/C18H15ClN4O4S/c19-14-4-3-11(8-15(14)23(25)26)18(24)22-6-1-2-12(9-22)16-20-21-17(27-16)13-5-7-28-10-13/h3-5,7-8,10,12H,1-2,6,9H2. The minimum Gasteiger partial charge on any atom is -0.420 e. The molecule has 0 saturated carbocycles. The number of nitro groups is 1. The molecule has 0 N–H and O–H groups in total. The van der Waals surface area contributed by atoms with E-state index in [0.29, 0.717) is 24.9 Å². The van der Waals surface area contributed by atoms with E-state index >= 15 is 0 Å². The Morgan fingerprint density at radius 2 is 2.21 bits per heavy atom. The number of hydrogen-bond acceptors (Lipinski definition) is 7. The third-order valence-corrected chi connectivity index (χ3v) is 5.66. The van der Waals surface area contributed by atoms with Crippen LogP contribution in [0.1, 0.15) is 35.0 Å². The smallest absolute Gasteiger partial charge is 0.288 e. The second-order valence-corrected chi connectivity index (χ2v) is 7.66. The zero-order chi connectivity index (χ0) is 19.7. The van der Waals surface area contributed by atoms with Gasteiger partial charge in [0.15, 0.2) is 0 Å². The Hall–Kier alpha value is -2.78. The number of carbonyl (C=O) groups is 1. The van der Waals surface area contributed by atoms with E-state index in [1.165, 1.54) is 18.2 Å². The molecule has 3 heterocycles. The van der Waals surface area contributed by atoms with Crippen LogP contribution in [0, 0.1) is 10.1 Å². The van der Waals surface area contributed by atoms with Crippen LogP contribution in [0.25, 0.3) is 11.5 Å². The first kappa shape index (κ1) is 18.6. The fourth-order valence-electron chi connectivity index (χ4n) is 3.23. The molecule has 10 heteroatoms. The maximum absolute atomic E-state index is 12.8. The molecule has 1 aliphatic heterocycles. The van der Waals surface area contributed by atoms with Crippen LogP contribution < -0.4 is 0 Å². The average Bonchev–Trinajstić information content (AvgIpc) is 3.39. The van der Waals surface area contributed by atoms with Gasteiger partial charge in [-0.3, -0.25) is 14.9 Å². The van der Waals surface area contributed by atoms with E-state index in [1.54, 1.807) is 16.2 Å². The summed E-state index contributed by atoms with van der Waals surface area (Å²) >= 11 is 7.38. The summed E-state index contributed by atoms with van der Waals surface area (Å²) in [5.74, 6) is 0.621. The van der Waals surface area contributed by atoms with Gasteiger partial charge in [-0.1, -0.05) is 11.6 Å². The summed E-state index contributed by atoms with van der Waals surface area (Å²) < 4.78 is 5.81. The first-order valence-corrected chi connectivity index (χ1v) is 9.94. The Balaban J connectivity index is 1.52. The molecule has 144 valence electrons. The van der Waals surface area contributed by atoms with Crippen LogP contribution in [0.2, 0.25) is 5.02 Å². The van der Waals surface area contributed by atoms with Crippen molar-refractivity contribution in [1.82, 2.24) is 15.1 Å². The summed E-state index contributed by atoms with van der Waals surface area (Å²) in [5.41, 5.74) is 0.834. The molecule has 0 spiro atoms. The molecule has 3 aromatic rings. The van der Waals surface area contributed by atoms with Gasteiger partial charge in [0.1, 0.15) is 5.02 Å². The number of carbonyl (C=O) groups excluding carboxylic acids is 1. The third kappa shape index (κ3) is 3.63. The fraction of sp³-hybridized carbons (Fsp3) is 0.278. The van der Waals surface area contributed by atoms with Gasteiger partial charge in [0.2, 0.25) is 11.8 Å². The van der Waals surface area contributed by atoms with Gasteiger partial charge >= 0.3 is 0 Å². The normalized spacial score (nSPS) is 16.9. The predicted molar refractivity (Wildman–Crippen MR) is 104 cm³/mol. The number of halogens is 1. The number of nitro benzene ring substituents is 1. The van der Waals surface area contributed by atoms with Crippen LogP contribution in [0.3, 0.4) is 0 Å². The number of likely N-dealkylation sites (tertiary alicyclic amines) is 1. The fourth-order valence-corrected chi connectivity index (χ4v) is 4.05. The Kier molecular flexibility index (Phi) is 5.10. The molecule has 1 unspecified atom stereocenters. The summed E-state index contributed by atoms with van der Waals surface area (Å²) in [6.07, 6.45) is 1.61. The molecule has 8 nitrogen and oxygen atoms in total. The van der Waals surface area contributed by atoms with Gasteiger partial charge in [-0.25, -0.2) is 0 Å². The molecular weight excluding hydrogens is 404 g/mol. The van der Waals surface area contributed by atoms with E-state index in [9.17, 15) is 14.9 Å². The summed E-state index contributed by atoms with van der Waals surface area (Å²) in [6, 6.07) is 6.00. The number of thiophene rings is 1. The van der Waals surface area contributed by atoms with Crippen LogP contribution in [0.4, 0.5) is 5.69 Å². The third-order valence-electron chi connectivity index (χ3n) is 4.66. The van der Waals surface area contributed by atoms with Crippen molar-refractivity contribution in [2.75, 3.05) is 13.1 Å². The van der Waals surface area contributed by atoms with Gasteiger partial charge in [-0.2, -0.15) is 11.3 Å². The van der Waals surface area contributed by atoms with E-state index in [0.717, 1.165) is 18.4 Å². The van der Waals surface area contributed by atoms with Crippen molar-refractivity contribution in [3.8, 4) is 11.5 Å². The molecule has 0 bridgehead atoms. The Labute approximate surface area is 168 Å². The number of rotatable bonds is 4. The first-order valence-electron chi connectivity index (χ1n) is 8.62. The highest BCUT2D eigenvalue weighted by Crippen LogP contribution is 2.31. The molecule has 1 saturated heterocycles. The number of amides is 1. The number of benzene rings is 1. The summed E-state index contributed by atoms with van der Waals surface area (Å²) in [6.45, 7) is 0.984. The predicted octanol–water partition coefficient (Wildman–Crippen LogP) is 4.38. The van der Waals surface area contributed by atoms with Crippen LogP contribution >= 0.6 is 22.9 Å². The van der Waals surface area contributed by atoms with Gasteiger partial charge in [0.25, 0.3) is 11.6 Å². The SMILES string of the molecule is O=C(c1ccc(Cl)c([N+](=O)[O-])c1)N1CCCC(c2nnc(-c3ccsc3)o2)C1. The van der Waals surface area contributed by atoms with E-state index in [4.69, 9.17) is 16.0 Å². The van der Waals surface area contributed by atoms with Gasteiger partial charge in [-0.15, -0.1) is 10.2 Å². The minimum atomic E-state index is -0.595. The van der Waals surface area contributed by atoms with Crippen molar-refractivity contribution in [2.45, 2.75) is 18.8 Å². The largest absolute Gasteiger partial charge is 0.420 e. The molecule has 1 atom stereocenters. The van der Waals surface area contributed by atoms with Crippen molar-refractivity contribution in [2.24, 2.45) is 0 Å². The topological polar surface area (TPSA) is 102 Å². The number of piperidine rings is 1. The number of aromatic nitrogens is 2. The summed E-state index contributed by atoms with van der Waals surface area (Å²) in [7, 11) is 0. The molecule has 0 radical (unpaired) electrons. The first-order chi connectivity index (χ1) is 13.5. The number of nitrogens with zero attached hydrogens (tertiary/aromatic N) is 4. The lowest BCUT2D eigenvalue weighted by Crippen LogP contribution is -2.39. The second-order valence-electron chi connectivity index (χ2n) is 6.47. The minimum absolute atomic E-state index is 0.00453. The highest BCUT2D eigenvalue weighted by molar-refractivity contribution is 7.08. The summed E-state index contributed by atoms with van der Waals surface area (Å²) in [5, 5.41) is 23.2. The van der Waals surface area contributed by atoms with Crippen molar-refractivity contribution >= 4 is 34.5 Å². The molecule has 4 rings (SSSR count). The maximum Gasteiger partial charge on any atom is 0.288 e. The molecule has 2 aromatic heterocycles. The molecule has 1 fully saturated rings. The second kappa shape index (κ2) is 7.69. The van der Waals surface area contributed by atoms with Crippen molar-refractivity contribution in [1.29, 1.82) is 0 Å². The molecule has 1 aromatic carbocycles. The Bertz CT molecular complexity index is 1020. The van der Waals surface area contributed by atoms with E-state index < -0.39 is 4.92 Å². The van der Waals surface area contributed by atoms with Crippen molar-refractivity contribution in [3.63, 3.8) is 0 Å². The lowest BCUT2D eigenvalue weighted by Gasteiger charge is -2.31. The van der Waals surface area contributed by atoms with Crippen molar-refractivity contribution in [3.05, 3.63) is 61.6 Å². The Morgan fingerprint density at radius 3 is 2.96 bits per heavy atom. The van der Waals surface area contributed by atoms with E-state index in [-0.39, 0.29) is 28.1 Å². The zero-order valence-electron chi connectivity index (χ0n) is 14.6. The lowest BCUT2D eigenvalue weighted by molar-refractivity contribution is -0.384. The molecule has 1 aliphatic rings. The highest BCUT2D eigenvalue weighted by atomic mass is 35.5. The number of hydrogen-bond donors (Lipinski definition) is 0. The monoisotopic (exact) mass is 418 g/mol. The molecule has 1 amide bonds. The van der Waals surface area contributed by atoms with Crippen LogP contribution in [0.15, 0.2) is 39.4 Å². The van der Waals surface area contributed by atoms with E-state index in [1.807, 2.05) is 16.8 Å². The summed E-state index contributed by atoms with van der Waals surface area (Å²) in [4.78, 5) is 25.0. The zero-order valence-corrected chi connectivity index (χ0v) is 16.2.